The van der Waals surface area contributed by atoms with E-state index in [0.717, 1.165) is 33.7 Å². The van der Waals surface area contributed by atoms with Gasteiger partial charge in [0.05, 0.1) is 12.8 Å². The Kier molecular flexibility index (Phi) is 5.75. The van der Waals surface area contributed by atoms with Crippen LogP contribution in [0.2, 0.25) is 0 Å². The molecule has 2 heterocycles. The molecule has 1 unspecified atom stereocenters. The number of amides is 4. The number of anilines is 2. The summed E-state index contributed by atoms with van der Waals surface area (Å²) in [5.74, 6) is -0.545. The summed E-state index contributed by atoms with van der Waals surface area (Å²) in [4.78, 5) is 41.9. The molecule has 0 aromatic heterocycles. The van der Waals surface area contributed by atoms with Crippen LogP contribution in [-0.2, 0) is 9.59 Å². The Morgan fingerprint density at radius 3 is 2.44 bits per heavy atom. The van der Waals surface area contributed by atoms with E-state index >= 15 is 0 Å². The molecule has 1 fully saturated rings. The first-order valence-electron chi connectivity index (χ1n) is 11.4. The topological polar surface area (TPSA) is 79.0 Å². The van der Waals surface area contributed by atoms with E-state index in [1.165, 1.54) is 6.08 Å². The first-order chi connectivity index (χ1) is 15.9. The number of barbiturate groups is 1. The molecule has 1 atom stereocenters. The molecule has 7 heteroatoms. The lowest BCUT2D eigenvalue weighted by Gasteiger charge is -2.45. The van der Waals surface area contributed by atoms with Crippen LogP contribution in [-0.4, -0.2) is 37.5 Å². The van der Waals surface area contributed by atoms with Crippen LogP contribution < -0.4 is 19.9 Å². The van der Waals surface area contributed by atoms with Gasteiger partial charge in [-0.3, -0.25) is 14.9 Å². The molecule has 7 nitrogen and oxygen atoms in total. The van der Waals surface area contributed by atoms with E-state index in [0.29, 0.717) is 17.0 Å². The maximum absolute atomic E-state index is 13.4. The second-order valence-electron chi connectivity index (χ2n) is 9.86. The number of rotatable bonds is 3. The summed E-state index contributed by atoms with van der Waals surface area (Å²) in [5.41, 5.74) is 5.08. The SMILES string of the molecule is COc1cc2c(cc1/C=C1/C(=O)NC(=O)N(c3ccc(C)c(C)c3)C1=O)C(C)CC(C)(C)N2C. The van der Waals surface area contributed by atoms with Gasteiger partial charge in [-0.1, -0.05) is 13.0 Å². The molecule has 0 spiro atoms. The van der Waals surface area contributed by atoms with Crippen LogP contribution in [0.5, 0.6) is 5.75 Å². The number of fused-ring (bicyclic) bond motifs is 1. The smallest absolute Gasteiger partial charge is 0.335 e. The van der Waals surface area contributed by atoms with E-state index in [2.05, 4.69) is 38.0 Å². The van der Waals surface area contributed by atoms with E-state index in [1.807, 2.05) is 32.0 Å². The van der Waals surface area contributed by atoms with Crippen molar-refractivity contribution in [2.45, 2.75) is 52.5 Å². The van der Waals surface area contributed by atoms with E-state index < -0.39 is 17.8 Å². The van der Waals surface area contributed by atoms with Crippen LogP contribution in [0.15, 0.2) is 35.9 Å². The van der Waals surface area contributed by atoms with Gasteiger partial charge in [0.2, 0.25) is 0 Å². The summed E-state index contributed by atoms with van der Waals surface area (Å²) >= 11 is 0. The lowest BCUT2D eigenvalue weighted by Crippen LogP contribution is -2.54. The van der Waals surface area contributed by atoms with Crippen LogP contribution in [0.3, 0.4) is 0 Å². The van der Waals surface area contributed by atoms with Crippen LogP contribution >= 0.6 is 0 Å². The zero-order valence-electron chi connectivity index (χ0n) is 20.8. The first kappa shape index (κ1) is 23.5. The molecule has 0 bridgehead atoms. The predicted molar refractivity (Wildman–Crippen MR) is 133 cm³/mol. The average molecular weight is 462 g/mol. The Labute approximate surface area is 200 Å². The first-order valence-corrected chi connectivity index (χ1v) is 11.4. The number of carbonyl (C=O) groups is 3. The van der Waals surface area contributed by atoms with Gasteiger partial charge in [-0.15, -0.1) is 0 Å². The highest BCUT2D eigenvalue weighted by Gasteiger charge is 2.38. The number of benzene rings is 2. The summed E-state index contributed by atoms with van der Waals surface area (Å²) < 4.78 is 5.64. The standard InChI is InChI=1S/C27H31N3O4/c1-15-8-9-19(10-16(15)2)30-25(32)21(24(31)28-26(30)33)12-18-11-20-17(3)14-27(4,5)29(6)22(20)13-23(18)34-7/h8-13,17H,14H2,1-7H3,(H,28,31,33)/b21-12-. The molecule has 2 aliphatic heterocycles. The van der Waals surface area contributed by atoms with Crippen molar-refractivity contribution < 1.29 is 19.1 Å². The molecule has 0 radical (unpaired) electrons. The number of urea groups is 1. The lowest BCUT2D eigenvalue weighted by atomic mass is 9.79. The third-order valence-corrected chi connectivity index (χ3v) is 7.14. The van der Waals surface area contributed by atoms with Crippen LogP contribution in [0, 0.1) is 13.8 Å². The van der Waals surface area contributed by atoms with Gasteiger partial charge in [-0.05, 0) is 81.0 Å². The molecule has 4 rings (SSSR count). The fraction of sp³-hybridized carbons (Fsp3) is 0.370. The van der Waals surface area contributed by atoms with E-state index in [9.17, 15) is 14.4 Å². The fourth-order valence-electron chi connectivity index (χ4n) is 4.81. The normalized spacial score (nSPS) is 21.0. The largest absolute Gasteiger partial charge is 0.496 e. The molecule has 4 amide bonds. The van der Waals surface area contributed by atoms with Crippen LogP contribution in [0.4, 0.5) is 16.2 Å². The third kappa shape index (κ3) is 3.85. The monoisotopic (exact) mass is 461 g/mol. The van der Waals surface area contributed by atoms with Crippen molar-refractivity contribution in [3.63, 3.8) is 0 Å². The number of carbonyl (C=O) groups excluding carboxylic acids is 3. The van der Waals surface area contributed by atoms with Crippen molar-refractivity contribution in [2.24, 2.45) is 0 Å². The summed E-state index contributed by atoms with van der Waals surface area (Å²) in [5, 5.41) is 2.30. The number of hydrogen-bond donors (Lipinski definition) is 1. The van der Waals surface area contributed by atoms with Crippen LogP contribution in [0.25, 0.3) is 6.08 Å². The molecule has 2 aliphatic rings. The Balaban J connectivity index is 1.80. The molecule has 1 N–H and O–H groups in total. The Hall–Kier alpha value is -3.61. The second-order valence-corrected chi connectivity index (χ2v) is 9.86. The van der Waals surface area contributed by atoms with Gasteiger partial charge < -0.3 is 9.64 Å². The van der Waals surface area contributed by atoms with Gasteiger partial charge in [0.1, 0.15) is 11.3 Å². The number of nitrogens with zero attached hydrogens (tertiary/aromatic N) is 2. The Morgan fingerprint density at radius 1 is 1.09 bits per heavy atom. The molecule has 0 saturated carbocycles. The maximum Gasteiger partial charge on any atom is 0.335 e. The Bertz CT molecular complexity index is 1240. The van der Waals surface area contributed by atoms with Gasteiger partial charge in [-0.25, -0.2) is 9.69 Å². The van der Waals surface area contributed by atoms with Crippen molar-refractivity contribution in [3.8, 4) is 5.75 Å². The van der Waals surface area contributed by atoms with Gasteiger partial charge in [0.15, 0.2) is 0 Å². The zero-order chi connectivity index (χ0) is 24.9. The van der Waals surface area contributed by atoms with Gasteiger partial charge in [-0.2, -0.15) is 0 Å². The van der Waals surface area contributed by atoms with Crippen molar-refractivity contribution >= 4 is 35.3 Å². The molecule has 2 aromatic rings. The highest BCUT2D eigenvalue weighted by atomic mass is 16.5. The highest BCUT2D eigenvalue weighted by molar-refractivity contribution is 6.39. The molecular weight excluding hydrogens is 430 g/mol. The van der Waals surface area contributed by atoms with Crippen molar-refractivity contribution in [3.05, 3.63) is 58.2 Å². The summed E-state index contributed by atoms with van der Waals surface area (Å²) in [6.45, 7) is 10.4. The van der Waals surface area contributed by atoms with E-state index in [4.69, 9.17) is 4.74 Å². The van der Waals surface area contributed by atoms with Gasteiger partial charge in [0, 0.05) is 29.9 Å². The fourth-order valence-corrected chi connectivity index (χ4v) is 4.81. The van der Waals surface area contributed by atoms with Crippen molar-refractivity contribution in [2.75, 3.05) is 24.0 Å². The van der Waals surface area contributed by atoms with Crippen molar-refractivity contribution in [1.29, 1.82) is 0 Å². The van der Waals surface area contributed by atoms with E-state index in [1.54, 1.807) is 19.2 Å². The summed E-state index contributed by atoms with van der Waals surface area (Å²) in [7, 11) is 3.63. The Morgan fingerprint density at radius 2 is 1.79 bits per heavy atom. The summed E-state index contributed by atoms with van der Waals surface area (Å²) in [6.07, 6.45) is 2.48. The van der Waals surface area contributed by atoms with Crippen molar-refractivity contribution in [1.82, 2.24) is 5.32 Å². The minimum absolute atomic E-state index is 0.0103. The minimum atomic E-state index is -0.759. The molecular formula is C27H31N3O4. The minimum Gasteiger partial charge on any atom is -0.496 e. The molecule has 34 heavy (non-hydrogen) atoms. The maximum atomic E-state index is 13.4. The highest BCUT2D eigenvalue weighted by Crippen LogP contribution is 2.45. The number of methoxy groups -OCH3 is 1. The molecule has 178 valence electrons. The number of imide groups is 2. The number of ether oxygens (including phenoxy) is 1. The zero-order valence-corrected chi connectivity index (χ0v) is 20.8. The van der Waals surface area contributed by atoms with Gasteiger partial charge in [0.25, 0.3) is 11.8 Å². The average Bonchev–Trinajstić information content (AvgIpc) is 2.76. The third-order valence-electron chi connectivity index (χ3n) is 7.14. The number of aryl methyl sites for hydroxylation is 2. The lowest BCUT2D eigenvalue weighted by molar-refractivity contribution is -0.122. The number of hydrogen-bond acceptors (Lipinski definition) is 5. The van der Waals surface area contributed by atoms with Crippen LogP contribution in [0.1, 0.15) is 55.4 Å². The summed E-state index contributed by atoms with van der Waals surface area (Å²) in [6, 6.07) is 8.48. The van der Waals surface area contributed by atoms with Gasteiger partial charge >= 0.3 is 6.03 Å². The quantitative estimate of drug-likeness (QED) is 0.529. The second kappa shape index (κ2) is 8.31. The molecule has 2 aromatic carbocycles. The predicted octanol–water partition coefficient (Wildman–Crippen LogP) is 4.70. The van der Waals surface area contributed by atoms with E-state index in [-0.39, 0.29) is 17.0 Å². The number of nitrogens with one attached hydrogen (secondary N) is 1. The molecule has 0 aliphatic carbocycles. The molecule has 1 saturated heterocycles.